The van der Waals surface area contributed by atoms with Crippen molar-refractivity contribution in [1.82, 2.24) is 10.2 Å². The standard InChI is InChI=1S/C12H24N2O/c1-9(2)7-12(15)14(10(3)4)11-5-6-13-8-11/h9-11,13H,5-8H2,1-4H3. The van der Waals surface area contributed by atoms with E-state index >= 15 is 0 Å². The summed E-state index contributed by atoms with van der Waals surface area (Å²) in [5, 5.41) is 3.32. The van der Waals surface area contributed by atoms with Crippen LogP contribution in [0.2, 0.25) is 0 Å². The second-order valence-corrected chi connectivity index (χ2v) is 5.14. The molecule has 0 saturated carbocycles. The number of rotatable bonds is 4. The lowest BCUT2D eigenvalue weighted by Gasteiger charge is -2.33. The Balaban J connectivity index is 2.60. The summed E-state index contributed by atoms with van der Waals surface area (Å²) in [6, 6.07) is 0.734. The number of nitrogens with zero attached hydrogens (tertiary/aromatic N) is 1. The van der Waals surface area contributed by atoms with Crippen LogP contribution < -0.4 is 5.32 Å². The van der Waals surface area contributed by atoms with Crippen molar-refractivity contribution < 1.29 is 4.79 Å². The van der Waals surface area contributed by atoms with Gasteiger partial charge in [0.2, 0.25) is 5.91 Å². The van der Waals surface area contributed by atoms with Crippen LogP contribution in [0.25, 0.3) is 0 Å². The lowest BCUT2D eigenvalue weighted by atomic mass is 10.1. The van der Waals surface area contributed by atoms with Gasteiger partial charge in [0.15, 0.2) is 0 Å². The molecule has 1 unspecified atom stereocenters. The highest BCUT2D eigenvalue weighted by Crippen LogP contribution is 2.15. The van der Waals surface area contributed by atoms with Crippen LogP contribution in [0, 0.1) is 5.92 Å². The Morgan fingerprint density at radius 2 is 2.07 bits per heavy atom. The molecule has 3 nitrogen and oxygen atoms in total. The maximum Gasteiger partial charge on any atom is 0.223 e. The molecule has 3 heteroatoms. The Morgan fingerprint density at radius 3 is 2.47 bits per heavy atom. The van der Waals surface area contributed by atoms with Crippen LogP contribution in [0.3, 0.4) is 0 Å². The minimum Gasteiger partial charge on any atom is -0.336 e. The molecule has 0 radical (unpaired) electrons. The van der Waals surface area contributed by atoms with Gasteiger partial charge >= 0.3 is 0 Å². The third-order valence-corrected chi connectivity index (χ3v) is 2.85. The van der Waals surface area contributed by atoms with Gasteiger partial charge in [0.1, 0.15) is 0 Å². The SMILES string of the molecule is CC(C)CC(=O)N(C(C)C)C1CCNC1. The maximum atomic E-state index is 12.1. The van der Waals surface area contributed by atoms with E-state index in [1.807, 2.05) is 0 Å². The molecule has 1 rings (SSSR count). The molecule has 1 aliphatic heterocycles. The van der Waals surface area contributed by atoms with Crippen LogP contribution in [0.4, 0.5) is 0 Å². The van der Waals surface area contributed by atoms with Crippen molar-refractivity contribution in [3.63, 3.8) is 0 Å². The molecule has 0 aromatic rings. The maximum absolute atomic E-state index is 12.1. The fraction of sp³-hybridized carbons (Fsp3) is 0.917. The molecule has 1 saturated heterocycles. The van der Waals surface area contributed by atoms with E-state index in [0.717, 1.165) is 19.5 Å². The summed E-state index contributed by atoms with van der Waals surface area (Å²) < 4.78 is 0. The Bertz CT molecular complexity index is 208. The highest BCUT2D eigenvalue weighted by Gasteiger charge is 2.28. The van der Waals surface area contributed by atoms with Crippen molar-refractivity contribution in [1.29, 1.82) is 0 Å². The predicted octanol–water partition coefficient (Wildman–Crippen LogP) is 1.63. The van der Waals surface area contributed by atoms with Gasteiger partial charge in [-0.05, 0) is 32.7 Å². The van der Waals surface area contributed by atoms with Gasteiger partial charge < -0.3 is 10.2 Å². The summed E-state index contributed by atoms with van der Waals surface area (Å²) in [6.07, 6.45) is 1.77. The fourth-order valence-corrected chi connectivity index (χ4v) is 2.24. The van der Waals surface area contributed by atoms with E-state index in [1.54, 1.807) is 0 Å². The second kappa shape index (κ2) is 5.50. The van der Waals surface area contributed by atoms with Gasteiger partial charge in [-0.2, -0.15) is 0 Å². The molecular formula is C12H24N2O. The minimum absolute atomic E-state index is 0.314. The van der Waals surface area contributed by atoms with Crippen LogP contribution in [0.15, 0.2) is 0 Å². The van der Waals surface area contributed by atoms with E-state index in [2.05, 4.69) is 37.9 Å². The number of nitrogens with one attached hydrogen (secondary N) is 1. The van der Waals surface area contributed by atoms with Gasteiger partial charge in [-0.15, -0.1) is 0 Å². The zero-order chi connectivity index (χ0) is 11.4. The molecule has 88 valence electrons. The van der Waals surface area contributed by atoms with E-state index < -0.39 is 0 Å². The van der Waals surface area contributed by atoms with Gasteiger partial charge in [-0.3, -0.25) is 4.79 Å². The average Bonchev–Trinajstić information content (AvgIpc) is 2.54. The molecule has 1 fully saturated rings. The molecule has 15 heavy (non-hydrogen) atoms. The first-order valence-corrected chi connectivity index (χ1v) is 6.04. The van der Waals surface area contributed by atoms with Crippen molar-refractivity contribution in [2.45, 2.75) is 52.6 Å². The molecule has 1 amide bonds. The number of amides is 1. The van der Waals surface area contributed by atoms with Crippen molar-refractivity contribution in [2.75, 3.05) is 13.1 Å². The molecule has 1 N–H and O–H groups in total. The number of carbonyl (C=O) groups excluding carboxylic acids is 1. The summed E-state index contributed by atoms with van der Waals surface area (Å²) in [7, 11) is 0. The summed E-state index contributed by atoms with van der Waals surface area (Å²) in [4.78, 5) is 14.1. The van der Waals surface area contributed by atoms with E-state index in [0.29, 0.717) is 30.3 Å². The lowest BCUT2D eigenvalue weighted by molar-refractivity contribution is -0.135. The predicted molar refractivity (Wildman–Crippen MR) is 62.7 cm³/mol. The Kier molecular flexibility index (Phi) is 4.58. The quantitative estimate of drug-likeness (QED) is 0.768. The highest BCUT2D eigenvalue weighted by atomic mass is 16.2. The van der Waals surface area contributed by atoms with Crippen molar-refractivity contribution in [3.05, 3.63) is 0 Å². The number of hydrogen-bond acceptors (Lipinski definition) is 2. The van der Waals surface area contributed by atoms with Gasteiger partial charge in [-0.1, -0.05) is 13.8 Å². The molecule has 0 aromatic heterocycles. The third-order valence-electron chi connectivity index (χ3n) is 2.85. The molecule has 0 bridgehead atoms. The van der Waals surface area contributed by atoms with Crippen LogP contribution >= 0.6 is 0 Å². The Hall–Kier alpha value is -0.570. The van der Waals surface area contributed by atoms with Gasteiger partial charge in [-0.25, -0.2) is 0 Å². The second-order valence-electron chi connectivity index (χ2n) is 5.14. The largest absolute Gasteiger partial charge is 0.336 e. The monoisotopic (exact) mass is 212 g/mol. The minimum atomic E-state index is 0.314. The van der Waals surface area contributed by atoms with Crippen molar-refractivity contribution in [3.8, 4) is 0 Å². The molecular weight excluding hydrogens is 188 g/mol. The molecule has 1 aliphatic rings. The summed E-state index contributed by atoms with van der Waals surface area (Å²) in [6.45, 7) is 10.4. The average molecular weight is 212 g/mol. The molecule has 0 spiro atoms. The normalized spacial score (nSPS) is 21.3. The van der Waals surface area contributed by atoms with Gasteiger partial charge in [0, 0.05) is 25.0 Å². The molecule has 0 aromatic carbocycles. The van der Waals surface area contributed by atoms with E-state index in [1.165, 1.54) is 0 Å². The first-order valence-electron chi connectivity index (χ1n) is 6.04. The van der Waals surface area contributed by atoms with E-state index in [4.69, 9.17) is 0 Å². The zero-order valence-corrected chi connectivity index (χ0v) is 10.4. The summed E-state index contributed by atoms with van der Waals surface area (Å²) in [5.41, 5.74) is 0. The zero-order valence-electron chi connectivity index (χ0n) is 10.4. The van der Waals surface area contributed by atoms with Crippen LogP contribution in [0.1, 0.15) is 40.5 Å². The highest BCUT2D eigenvalue weighted by molar-refractivity contribution is 5.77. The lowest BCUT2D eigenvalue weighted by Crippen LogP contribution is -2.46. The first-order chi connectivity index (χ1) is 7.02. The van der Waals surface area contributed by atoms with Gasteiger partial charge in [0.25, 0.3) is 0 Å². The first kappa shape index (κ1) is 12.5. The number of carbonyl (C=O) groups is 1. The molecule has 1 heterocycles. The third kappa shape index (κ3) is 3.49. The summed E-state index contributed by atoms with van der Waals surface area (Å²) in [5.74, 6) is 0.766. The van der Waals surface area contributed by atoms with Crippen LogP contribution in [0.5, 0.6) is 0 Å². The van der Waals surface area contributed by atoms with E-state index in [-0.39, 0.29) is 0 Å². The smallest absolute Gasteiger partial charge is 0.223 e. The van der Waals surface area contributed by atoms with Crippen LogP contribution in [-0.4, -0.2) is 36.0 Å². The summed E-state index contributed by atoms with van der Waals surface area (Å²) >= 11 is 0. The van der Waals surface area contributed by atoms with Crippen molar-refractivity contribution >= 4 is 5.91 Å². The van der Waals surface area contributed by atoms with Gasteiger partial charge in [0.05, 0.1) is 0 Å². The molecule has 1 atom stereocenters. The molecule has 0 aliphatic carbocycles. The Labute approximate surface area is 93.2 Å². The van der Waals surface area contributed by atoms with Crippen molar-refractivity contribution in [2.24, 2.45) is 5.92 Å². The topological polar surface area (TPSA) is 32.3 Å². The fourth-order valence-electron chi connectivity index (χ4n) is 2.24. The number of hydrogen-bond donors (Lipinski definition) is 1. The van der Waals surface area contributed by atoms with E-state index in [9.17, 15) is 4.79 Å². The van der Waals surface area contributed by atoms with Crippen LogP contribution in [-0.2, 0) is 4.79 Å². The Morgan fingerprint density at radius 1 is 1.40 bits per heavy atom.